The standard InChI is InChI=1S/C16H10N2O2/c1-3-13(9-15-11(1)5-7-17-19-15)14-4-2-12-6-8-18-20-16(12)10-14/h1-10H. The van der Waals surface area contributed by atoms with E-state index in [9.17, 15) is 0 Å². The highest BCUT2D eigenvalue weighted by atomic mass is 16.6. The molecule has 0 radical (unpaired) electrons. The normalized spacial score (nSPS) is 16.0. The van der Waals surface area contributed by atoms with E-state index in [4.69, 9.17) is 9.68 Å². The maximum absolute atomic E-state index is 5.28. The van der Waals surface area contributed by atoms with Crippen LogP contribution in [0.1, 0.15) is 0 Å². The van der Waals surface area contributed by atoms with Gasteiger partial charge in [-0.25, -0.2) is 0 Å². The van der Waals surface area contributed by atoms with Gasteiger partial charge in [0.2, 0.25) is 0 Å². The van der Waals surface area contributed by atoms with Crippen molar-refractivity contribution in [3.8, 4) is 11.5 Å². The smallest absolute Gasteiger partial charge is 0.165 e. The molecule has 0 unspecified atom stereocenters. The second-order valence-corrected chi connectivity index (χ2v) is 4.53. The number of fused-ring (bicyclic) bond motifs is 2. The Morgan fingerprint density at radius 2 is 1.15 bits per heavy atom. The lowest BCUT2D eigenvalue weighted by molar-refractivity contribution is 0.338. The minimum atomic E-state index is 0.758. The Bertz CT molecular complexity index is 879. The molecule has 2 aliphatic rings. The molecule has 0 saturated carbocycles. The van der Waals surface area contributed by atoms with Crippen molar-refractivity contribution in [1.82, 2.24) is 0 Å². The predicted molar refractivity (Wildman–Crippen MR) is 77.0 cm³/mol. The zero-order valence-electron chi connectivity index (χ0n) is 10.5. The third kappa shape index (κ3) is 1.78. The van der Waals surface area contributed by atoms with Gasteiger partial charge in [-0.3, -0.25) is 0 Å². The van der Waals surface area contributed by atoms with Gasteiger partial charge in [-0.1, -0.05) is 34.6 Å². The van der Waals surface area contributed by atoms with Gasteiger partial charge in [0.25, 0.3) is 0 Å². The Morgan fingerprint density at radius 3 is 1.65 bits per heavy atom. The maximum Gasteiger partial charge on any atom is 0.165 e. The lowest BCUT2D eigenvalue weighted by Crippen LogP contribution is -2.10. The average Bonchev–Trinajstić information content (AvgIpc) is 2.54. The fraction of sp³-hybridized carbons (Fsp3) is 0. The van der Waals surface area contributed by atoms with Crippen LogP contribution in [0.5, 0.6) is 11.5 Å². The van der Waals surface area contributed by atoms with Crippen molar-refractivity contribution in [2.24, 2.45) is 10.3 Å². The lowest BCUT2D eigenvalue weighted by atomic mass is 10.1. The minimum Gasteiger partial charge on any atom is -0.356 e. The third-order valence-corrected chi connectivity index (χ3v) is 3.29. The third-order valence-electron chi connectivity index (χ3n) is 3.29. The first kappa shape index (κ1) is 11.0. The van der Waals surface area contributed by atoms with Gasteiger partial charge < -0.3 is 9.68 Å². The van der Waals surface area contributed by atoms with E-state index < -0.39 is 0 Å². The summed E-state index contributed by atoms with van der Waals surface area (Å²) in [6, 6.07) is 12.1. The Hall–Kier alpha value is -2.88. The Morgan fingerprint density at radius 1 is 0.650 bits per heavy atom. The summed E-state index contributed by atoms with van der Waals surface area (Å²) in [4.78, 5) is 10.6. The van der Waals surface area contributed by atoms with Crippen molar-refractivity contribution < 1.29 is 9.68 Å². The molecule has 0 aliphatic carbocycles. The van der Waals surface area contributed by atoms with Gasteiger partial charge >= 0.3 is 0 Å². The van der Waals surface area contributed by atoms with E-state index in [2.05, 4.69) is 22.4 Å². The van der Waals surface area contributed by atoms with Gasteiger partial charge in [0, 0.05) is 10.4 Å². The molecule has 0 N–H and O–H groups in total. The molecule has 2 heterocycles. The Balaban J connectivity index is 2.01. The molecule has 2 aromatic carbocycles. The molecular formula is C16H10N2O2. The van der Waals surface area contributed by atoms with E-state index in [1.54, 1.807) is 12.4 Å². The monoisotopic (exact) mass is 262 g/mol. The van der Waals surface area contributed by atoms with Gasteiger partial charge in [0.15, 0.2) is 11.5 Å². The summed E-state index contributed by atoms with van der Waals surface area (Å²) in [6.07, 6.45) is 7.12. The molecule has 4 rings (SSSR count). The van der Waals surface area contributed by atoms with E-state index in [0.29, 0.717) is 0 Å². The van der Waals surface area contributed by atoms with Crippen LogP contribution in [0.2, 0.25) is 0 Å². The number of benzene rings is 2. The molecule has 0 aromatic heterocycles. The molecule has 20 heavy (non-hydrogen) atoms. The lowest BCUT2D eigenvalue weighted by Gasteiger charge is -2.04. The van der Waals surface area contributed by atoms with Gasteiger partial charge in [0.05, 0.1) is 12.4 Å². The summed E-state index contributed by atoms with van der Waals surface area (Å²) in [5, 5.41) is 11.7. The molecule has 96 valence electrons. The molecule has 0 saturated heterocycles. The Labute approximate surface area is 114 Å². The molecule has 0 spiro atoms. The zero-order valence-corrected chi connectivity index (χ0v) is 10.5. The summed E-state index contributed by atoms with van der Waals surface area (Å²) < 4.78 is 0. The first-order chi connectivity index (χ1) is 9.90. The van der Waals surface area contributed by atoms with Crippen LogP contribution >= 0.6 is 0 Å². The number of hydrogen-bond donors (Lipinski definition) is 0. The minimum absolute atomic E-state index is 0.758. The molecule has 4 heteroatoms. The van der Waals surface area contributed by atoms with Crippen molar-refractivity contribution in [2.45, 2.75) is 0 Å². The fourth-order valence-corrected chi connectivity index (χ4v) is 2.26. The number of rotatable bonds is 0. The topological polar surface area (TPSA) is 43.2 Å². The van der Waals surface area contributed by atoms with Crippen molar-refractivity contribution in [1.29, 1.82) is 0 Å². The average molecular weight is 262 g/mol. The molecule has 0 atom stereocenters. The van der Waals surface area contributed by atoms with Crippen molar-refractivity contribution in [3.05, 3.63) is 57.3 Å². The second kappa shape index (κ2) is 4.35. The van der Waals surface area contributed by atoms with E-state index in [1.807, 2.05) is 36.4 Å². The summed E-state index contributed by atoms with van der Waals surface area (Å²) in [6.45, 7) is 0. The molecular weight excluding hydrogens is 252 g/mol. The highest BCUT2D eigenvalue weighted by Gasteiger charge is 2.02. The molecule has 4 nitrogen and oxygen atoms in total. The summed E-state index contributed by atoms with van der Waals surface area (Å²) >= 11 is 0. The van der Waals surface area contributed by atoms with Crippen LogP contribution in [0, 0.1) is 10.4 Å². The molecule has 2 aliphatic heterocycles. The largest absolute Gasteiger partial charge is 0.356 e. The van der Waals surface area contributed by atoms with Crippen LogP contribution in [0.25, 0.3) is 12.2 Å². The molecule has 0 amide bonds. The maximum atomic E-state index is 5.28. The zero-order chi connectivity index (χ0) is 13.4. The number of hydrogen-bond acceptors (Lipinski definition) is 4. The van der Waals surface area contributed by atoms with Crippen LogP contribution < -0.4 is 20.1 Å². The summed E-state index contributed by atoms with van der Waals surface area (Å²) in [7, 11) is 0. The van der Waals surface area contributed by atoms with Crippen LogP contribution in [0.15, 0.2) is 46.7 Å². The molecule has 0 fully saturated rings. The van der Waals surface area contributed by atoms with E-state index >= 15 is 0 Å². The van der Waals surface area contributed by atoms with Crippen LogP contribution in [-0.2, 0) is 0 Å². The summed E-state index contributed by atoms with van der Waals surface area (Å²) in [5.74, 6) is 1.52. The van der Waals surface area contributed by atoms with E-state index in [0.717, 1.165) is 32.4 Å². The van der Waals surface area contributed by atoms with Crippen molar-refractivity contribution >= 4 is 24.6 Å². The van der Waals surface area contributed by atoms with Gasteiger partial charge in [-0.05, 0) is 34.7 Å². The van der Waals surface area contributed by atoms with Crippen LogP contribution in [0.3, 0.4) is 0 Å². The summed E-state index contributed by atoms with van der Waals surface area (Å²) in [5.41, 5.74) is 0. The van der Waals surface area contributed by atoms with Crippen molar-refractivity contribution in [2.75, 3.05) is 0 Å². The highest BCUT2D eigenvalue weighted by molar-refractivity contribution is 5.92. The van der Waals surface area contributed by atoms with Gasteiger partial charge in [0.1, 0.15) is 0 Å². The SMILES string of the molecule is C1=NOc2cc(=c3ccc4c(c3)ON=CC=4)ccc2=C1. The number of oxime groups is 2. The fourth-order valence-electron chi connectivity index (χ4n) is 2.26. The first-order valence-corrected chi connectivity index (χ1v) is 6.26. The van der Waals surface area contributed by atoms with Crippen LogP contribution in [-0.4, -0.2) is 12.4 Å². The van der Waals surface area contributed by atoms with Gasteiger partial charge in [-0.15, -0.1) is 0 Å². The van der Waals surface area contributed by atoms with E-state index in [-0.39, 0.29) is 0 Å². The highest BCUT2D eigenvalue weighted by Crippen LogP contribution is 2.11. The van der Waals surface area contributed by atoms with Gasteiger partial charge in [-0.2, -0.15) is 0 Å². The van der Waals surface area contributed by atoms with Crippen molar-refractivity contribution in [3.63, 3.8) is 0 Å². The quantitative estimate of drug-likeness (QED) is 0.718. The van der Waals surface area contributed by atoms with Crippen LogP contribution in [0.4, 0.5) is 0 Å². The van der Waals surface area contributed by atoms with E-state index in [1.165, 1.54) is 0 Å². The Kier molecular flexibility index (Phi) is 2.39. The first-order valence-electron chi connectivity index (χ1n) is 6.26. The predicted octanol–water partition coefficient (Wildman–Crippen LogP) is 1.29. The second-order valence-electron chi connectivity index (χ2n) is 4.53. The molecule has 0 bridgehead atoms. The number of nitrogens with zero attached hydrogens (tertiary/aromatic N) is 2. The molecule has 2 aromatic rings.